The zero-order chi connectivity index (χ0) is 10.1. The summed E-state index contributed by atoms with van der Waals surface area (Å²) in [5.74, 6) is 0.359. The smallest absolute Gasteiger partial charge is 0.130 e. The predicted molar refractivity (Wildman–Crippen MR) is 51.7 cm³/mol. The Morgan fingerprint density at radius 1 is 1.23 bits per heavy atom. The van der Waals surface area contributed by atoms with Crippen molar-refractivity contribution in [3.8, 4) is 5.75 Å². The first-order valence-corrected chi connectivity index (χ1v) is 4.29. The van der Waals surface area contributed by atoms with Crippen LogP contribution in [0.15, 0.2) is 18.2 Å². The average molecular weight is 182 g/mol. The molecule has 13 heavy (non-hydrogen) atoms. The van der Waals surface area contributed by atoms with Gasteiger partial charge in [0.15, 0.2) is 0 Å². The molecule has 1 rings (SSSR count). The molecule has 0 aliphatic carbocycles. The van der Waals surface area contributed by atoms with Crippen molar-refractivity contribution in [1.82, 2.24) is 0 Å². The minimum atomic E-state index is -0.202. The van der Waals surface area contributed by atoms with Gasteiger partial charge in [-0.3, -0.25) is 0 Å². The number of rotatable bonds is 1. The Labute approximate surface area is 78.5 Å². The Bertz CT molecular complexity index is 299. The van der Waals surface area contributed by atoms with Gasteiger partial charge in [0, 0.05) is 6.07 Å². The van der Waals surface area contributed by atoms with Crippen molar-refractivity contribution < 1.29 is 9.13 Å². The molecule has 0 amide bonds. The lowest BCUT2D eigenvalue weighted by Crippen LogP contribution is -2.13. The number of methoxy groups -OCH3 is 1. The molecule has 0 N–H and O–H groups in total. The first-order chi connectivity index (χ1) is 5.95. The van der Waals surface area contributed by atoms with Crippen molar-refractivity contribution in [3.05, 3.63) is 29.6 Å². The van der Waals surface area contributed by atoms with Crippen LogP contribution in [0.2, 0.25) is 0 Å². The monoisotopic (exact) mass is 182 g/mol. The van der Waals surface area contributed by atoms with Crippen molar-refractivity contribution in [2.75, 3.05) is 7.11 Å². The number of benzene rings is 1. The van der Waals surface area contributed by atoms with Crippen molar-refractivity contribution in [3.63, 3.8) is 0 Å². The molecule has 0 atom stereocenters. The fourth-order valence-electron chi connectivity index (χ4n) is 1.23. The van der Waals surface area contributed by atoms with E-state index in [-0.39, 0.29) is 11.2 Å². The zero-order valence-electron chi connectivity index (χ0n) is 8.52. The van der Waals surface area contributed by atoms with E-state index in [2.05, 4.69) is 0 Å². The van der Waals surface area contributed by atoms with Crippen molar-refractivity contribution >= 4 is 0 Å². The molecule has 0 heterocycles. The summed E-state index contributed by atoms with van der Waals surface area (Å²) in [7, 11) is 1.53. The summed E-state index contributed by atoms with van der Waals surface area (Å²) < 4.78 is 18.4. The van der Waals surface area contributed by atoms with Crippen LogP contribution in [0.5, 0.6) is 5.75 Å². The summed E-state index contributed by atoms with van der Waals surface area (Å²) in [6.07, 6.45) is 0. The van der Waals surface area contributed by atoms with Crippen LogP contribution in [-0.2, 0) is 5.41 Å². The van der Waals surface area contributed by atoms with E-state index in [4.69, 9.17) is 4.74 Å². The second kappa shape index (κ2) is 3.36. The molecule has 0 bridgehead atoms. The Morgan fingerprint density at radius 2 is 1.85 bits per heavy atom. The zero-order valence-corrected chi connectivity index (χ0v) is 8.52. The molecule has 0 aliphatic heterocycles. The Morgan fingerprint density at radius 3 is 2.23 bits per heavy atom. The second-order valence-corrected chi connectivity index (χ2v) is 4.10. The third-order valence-corrected chi connectivity index (χ3v) is 1.98. The van der Waals surface area contributed by atoms with Gasteiger partial charge >= 0.3 is 0 Å². The van der Waals surface area contributed by atoms with Crippen LogP contribution in [0.25, 0.3) is 0 Å². The van der Waals surface area contributed by atoms with Gasteiger partial charge < -0.3 is 4.74 Å². The van der Waals surface area contributed by atoms with Crippen LogP contribution < -0.4 is 4.74 Å². The maximum Gasteiger partial charge on any atom is 0.130 e. The molecule has 0 spiro atoms. The molecular weight excluding hydrogens is 167 g/mol. The number of halogens is 1. The third-order valence-electron chi connectivity index (χ3n) is 1.98. The van der Waals surface area contributed by atoms with Gasteiger partial charge in [-0.1, -0.05) is 26.8 Å². The van der Waals surface area contributed by atoms with E-state index in [1.165, 1.54) is 13.2 Å². The first kappa shape index (κ1) is 10.0. The van der Waals surface area contributed by atoms with Crippen LogP contribution in [0.1, 0.15) is 26.3 Å². The fourth-order valence-corrected chi connectivity index (χ4v) is 1.23. The summed E-state index contributed by atoms with van der Waals surface area (Å²) in [5.41, 5.74) is 0.560. The standard InChI is InChI=1S/C11H15FO/c1-11(2,3)9-6-5-8(13-4)7-10(9)12/h5-7H,1-4H3. The topological polar surface area (TPSA) is 9.23 Å². The summed E-state index contributed by atoms with van der Waals surface area (Å²) in [6.45, 7) is 5.95. The van der Waals surface area contributed by atoms with Gasteiger partial charge in [-0.15, -0.1) is 0 Å². The predicted octanol–water partition coefficient (Wildman–Crippen LogP) is 3.13. The van der Waals surface area contributed by atoms with Crippen LogP contribution in [0.3, 0.4) is 0 Å². The highest BCUT2D eigenvalue weighted by atomic mass is 19.1. The summed E-state index contributed by atoms with van der Waals surface area (Å²) >= 11 is 0. The number of ether oxygens (including phenoxy) is 1. The van der Waals surface area contributed by atoms with E-state index >= 15 is 0 Å². The van der Waals surface area contributed by atoms with Crippen molar-refractivity contribution in [2.45, 2.75) is 26.2 Å². The first-order valence-electron chi connectivity index (χ1n) is 4.29. The summed E-state index contributed by atoms with van der Waals surface area (Å²) in [6, 6.07) is 4.97. The lowest BCUT2D eigenvalue weighted by Gasteiger charge is -2.19. The molecule has 1 nitrogen and oxygen atoms in total. The van der Waals surface area contributed by atoms with E-state index in [1.54, 1.807) is 12.1 Å². The molecule has 2 heteroatoms. The number of hydrogen-bond donors (Lipinski definition) is 0. The largest absolute Gasteiger partial charge is 0.497 e. The van der Waals surface area contributed by atoms with Gasteiger partial charge in [-0.05, 0) is 17.0 Å². The van der Waals surface area contributed by atoms with Gasteiger partial charge in [-0.2, -0.15) is 0 Å². The molecule has 0 saturated heterocycles. The second-order valence-electron chi connectivity index (χ2n) is 4.10. The third kappa shape index (κ3) is 2.20. The Kier molecular flexibility index (Phi) is 2.60. The minimum Gasteiger partial charge on any atom is -0.497 e. The average Bonchev–Trinajstić information content (AvgIpc) is 2.01. The van der Waals surface area contributed by atoms with Gasteiger partial charge in [0.1, 0.15) is 11.6 Å². The summed E-state index contributed by atoms with van der Waals surface area (Å²) in [5, 5.41) is 0. The lowest BCUT2D eigenvalue weighted by atomic mass is 9.87. The minimum absolute atomic E-state index is 0.156. The van der Waals surface area contributed by atoms with E-state index < -0.39 is 0 Å². The van der Waals surface area contributed by atoms with Crippen LogP contribution >= 0.6 is 0 Å². The molecule has 1 aromatic rings. The highest BCUT2D eigenvalue weighted by Crippen LogP contribution is 2.27. The quantitative estimate of drug-likeness (QED) is 0.648. The maximum atomic E-state index is 13.5. The van der Waals surface area contributed by atoms with Gasteiger partial charge in [0.2, 0.25) is 0 Å². The highest BCUT2D eigenvalue weighted by Gasteiger charge is 2.18. The normalized spacial score (nSPS) is 11.5. The Hall–Kier alpha value is -1.05. The van der Waals surface area contributed by atoms with Gasteiger partial charge in [-0.25, -0.2) is 4.39 Å². The SMILES string of the molecule is COc1ccc(C(C)(C)C)c(F)c1. The molecule has 72 valence electrons. The molecule has 0 radical (unpaired) electrons. The lowest BCUT2D eigenvalue weighted by molar-refractivity contribution is 0.409. The highest BCUT2D eigenvalue weighted by molar-refractivity contribution is 5.32. The van der Waals surface area contributed by atoms with Gasteiger partial charge in [0.25, 0.3) is 0 Å². The molecule has 0 saturated carbocycles. The van der Waals surface area contributed by atoms with E-state index in [9.17, 15) is 4.39 Å². The van der Waals surface area contributed by atoms with E-state index in [0.29, 0.717) is 11.3 Å². The molecule has 0 unspecified atom stereocenters. The van der Waals surface area contributed by atoms with Crippen LogP contribution in [0, 0.1) is 5.82 Å². The molecule has 0 fully saturated rings. The maximum absolute atomic E-state index is 13.5. The van der Waals surface area contributed by atoms with Crippen molar-refractivity contribution in [1.29, 1.82) is 0 Å². The van der Waals surface area contributed by atoms with E-state index in [1.807, 2.05) is 20.8 Å². The van der Waals surface area contributed by atoms with Crippen LogP contribution in [0.4, 0.5) is 4.39 Å². The Balaban J connectivity index is 3.13. The molecule has 0 aliphatic rings. The van der Waals surface area contributed by atoms with E-state index in [0.717, 1.165) is 0 Å². The molecular formula is C11H15FO. The van der Waals surface area contributed by atoms with Gasteiger partial charge in [0.05, 0.1) is 7.11 Å². The molecule has 0 aromatic heterocycles. The number of hydrogen-bond acceptors (Lipinski definition) is 1. The molecule has 1 aromatic carbocycles. The summed E-state index contributed by atoms with van der Waals surface area (Å²) in [4.78, 5) is 0. The van der Waals surface area contributed by atoms with Crippen LogP contribution in [-0.4, -0.2) is 7.11 Å². The fraction of sp³-hybridized carbons (Fsp3) is 0.455. The van der Waals surface area contributed by atoms with Crippen molar-refractivity contribution in [2.24, 2.45) is 0 Å².